The van der Waals surface area contributed by atoms with Crippen molar-refractivity contribution < 1.29 is 9.59 Å². The molecule has 146 valence electrons. The number of nitrogens with zero attached hydrogens (tertiary/aromatic N) is 4. The SMILES string of the molecule is O=C(C[C@@H]1SC(Cc2nnc3n2CCCCC3)=NC1=O)Nc1ccccc1Cl. The summed E-state index contributed by atoms with van der Waals surface area (Å²) in [6.07, 6.45) is 4.91. The first kappa shape index (κ1) is 19.1. The third-order valence-electron chi connectivity index (χ3n) is 4.80. The van der Waals surface area contributed by atoms with Crippen molar-refractivity contribution in [1.29, 1.82) is 0 Å². The van der Waals surface area contributed by atoms with Gasteiger partial charge in [-0.05, 0) is 25.0 Å². The van der Waals surface area contributed by atoms with Crippen LogP contribution < -0.4 is 5.32 Å². The van der Waals surface area contributed by atoms with Gasteiger partial charge in [-0.15, -0.1) is 10.2 Å². The van der Waals surface area contributed by atoms with Crippen molar-refractivity contribution >= 4 is 45.9 Å². The number of amides is 2. The second-order valence-electron chi connectivity index (χ2n) is 6.85. The van der Waals surface area contributed by atoms with E-state index in [2.05, 4.69) is 25.1 Å². The van der Waals surface area contributed by atoms with Crippen LogP contribution in [0, 0.1) is 0 Å². The summed E-state index contributed by atoms with van der Waals surface area (Å²) >= 11 is 7.40. The van der Waals surface area contributed by atoms with E-state index in [1.54, 1.807) is 24.3 Å². The third kappa shape index (κ3) is 4.28. The van der Waals surface area contributed by atoms with E-state index < -0.39 is 5.25 Å². The maximum Gasteiger partial charge on any atom is 0.260 e. The zero-order valence-corrected chi connectivity index (χ0v) is 16.8. The van der Waals surface area contributed by atoms with Crippen LogP contribution in [0.3, 0.4) is 0 Å². The molecule has 2 aliphatic rings. The Labute approximate surface area is 172 Å². The van der Waals surface area contributed by atoms with Crippen molar-refractivity contribution in [1.82, 2.24) is 14.8 Å². The number of hydrogen-bond acceptors (Lipinski definition) is 5. The average molecular weight is 418 g/mol. The number of hydrogen-bond donors (Lipinski definition) is 1. The lowest BCUT2D eigenvalue weighted by Crippen LogP contribution is -2.21. The molecule has 4 rings (SSSR count). The molecular formula is C19H20ClN5O2S. The Bertz CT molecular complexity index is 942. The lowest BCUT2D eigenvalue weighted by atomic mass is 10.2. The molecule has 1 aromatic heterocycles. The summed E-state index contributed by atoms with van der Waals surface area (Å²) in [6, 6.07) is 7.01. The monoisotopic (exact) mass is 417 g/mol. The maximum absolute atomic E-state index is 12.3. The first-order chi connectivity index (χ1) is 13.6. The minimum atomic E-state index is -0.510. The Hall–Kier alpha value is -2.19. The van der Waals surface area contributed by atoms with Gasteiger partial charge in [0.1, 0.15) is 16.9 Å². The Morgan fingerprint density at radius 1 is 1.25 bits per heavy atom. The number of aryl methyl sites for hydroxylation is 1. The van der Waals surface area contributed by atoms with E-state index in [-0.39, 0.29) is 18.2 Å². The van der Waals surface area contributed by atoms with E-state index in [1.165, 1.54) is 18.2 Å². The van der Waals surface area contributed by atoms with Crippen LogP contribution in [0.25, 0.3) is 0 Å². The van der Waals surface area contributed by atoms with Gasteiger partial charge in [0, 0.05) is 19.4 Å². The van der Waals surface area contributed by atoms with Crippen molar-refractivity contribution in [3.05, 3.63) is 40.9 Å². The molecule has 0 fully saturated rings. The number of anilines is 1. The van der Waals surface area contributed by atoms with Gasteiger partial charge in [0.05, 0.1) is 22.2 Å². The minimum Gasteiger partial charge on any atom is -0.325 e. The van der Waals surface area contributed by atoms with E-state index in [1.807, 2.05) is 0 Å². The number of aromatic nitrogens is 3. The smallest absolute Gasteiger partial charge is 0.260 e. The van der Waals surface area contributed by atoms with Crippen LogP contribution >= 0.6 is 23.4 Å². The lowest BCUT2D eigenvalue weighted by molar-refractivity contribution is -0.121. The topological polar surface area (TPSA) is 89.2 Å². The minimum absolute atomic E-state index is 0.0552. The van der Waals surface area contributed by atoms with Crippen molar-refractivity contribution in [3.8, 4) is 0 Å². The molecule has 0 unspecified atom stereocenters. The predicted molar refractivity (Wildman–Crippen MR) is 110 cm³/mol. The second kappa shape index (κ2) is 8.45. The summed E-state index contributed by atoms with van der Waals surface area (Å²) in [4.78, 5) is 28.7. The molecule has 1 aromatic carbocycles. The molecule has 0 saturated carbocycles. The van der Waals surface area contributed by atoms with Crippen LogP contribution in [-0.2, 0) is 29.0 Å². The predicted octanol–water partition coefficient (Wildman–Crippen LogP) is 3.27. The summed E-state index contributed by atoms with van der Waals surface area (Å²) in [6.45, 7) is 0.910. The summed E-state index contributed by atoms with van der Waals surface area (Å²) in [5.74, 6) is 1.33. The summed E-state index contributed by atoms with van der Waals surface area (Å²) in [7, 11) is 0. The average Bonchev–Trinajstić information content (AvgIpc) is 3.10. The molecule has 7 nitrogen and oxygen atoms in total. The number of nitrogens with one attached hydrogen (secondary N) is 1. The molecule has 0 saturated heterocycles. The van der Waals surface area contributed by atoms with E-state index in [9.17, 15) is 9.59 Å². The molecule has 0 bridgehead atoms. The van der Waals surface area contributed by atoms with E-state index in [4.69, 9.17) is 11.6 Å². The van der Waals surface area contributed by atoms with Gasteiger partial charge in [-0.1, -0.05) is 41.9 Å². The fraction of sp³-hybridized carbons (Fsp3) is 0.421. The van der Waals surface area contributed by atoms with Gasteiger partial charge in [-0.2, -0.15) is 0 Å². The number of benzene rings is 1. The molecule has 2 aromatic rings. The Kier molecular flexibility index (Phi) is 5.77. The Morgan fingerprint density at radius 2 is 2.11 bits per heavy atom. The van der Waals surface area contributed by atoms with Crippen LogP contribution in [0.15, 0.2) is 29.3 Å². The van der Waals surface area contributed by atoms with Gasteiger partial charge in [-0.3, -0.25) is 9.59 Å². The Balaban J connectivity index is 1.36. The van der Waals surface area contributed by atoms with Gasteiger partial charge >= 0.3 is 0 Å². The van der Waals surface area contributed by atoms with Gasteiger partial charge < -0.3 is 9.88 Å². The summed E-state index contributed by atoms with van der Waals surface area (Å²) in [5, 5.41) is 12.0. The lowest BCUT2D eigenvalue weighted by Gasteiger charge is -2.10. The normalized spacial score (nSPS) is 19.1. The molecule has 0 spiro atoms. The number of rotatable bonds is 5. The number of carbonyl (C=O) groups is 2. The number of fused-ring (bicyclic) bond motifs is 1. The molecule has 0 aliphatic carbocycles. The van der Waals surface area contributed by atoms with Crippen LogP contribution in [0.1, 0.15) is 37.3 Å². The maximum atomic E-state index is 12.3. The molecule has 3 heterocycles. The third-order valence-corrected chi connectivity index (χ3v) is 6.29. The molecule has 0 radical (unpaired) electrons. The van der Waals surface area contributed by atoms with Crippen molar-refractivity contribution in [2.45, 2.75) is 50.3 Å². The summed E-state index contributed by atoms with van der Waals surface area (Å²) in [5.41, 5.74) is 0.539. The molecule has 1 N–H and O–H groups in total. The second-order valence-corrected chi connectivity index (χ2v) is 8.54. The highest BCUT2D eigenvalue weighted by molar-refractivity contribution is 8.15. The van der Waals surface area contributed by atoms with Crippen LogP contribution in [-0.4, -0.2) is 36.9 Å². The highest BCUT2D eigenvalue weighted by Crippen LogP contribution is 2.28. The molecule has 1 atom stereocenters. The number of aliphatic imine (C=N–C) groups is 1. The number of carbonyl (C=O) groups excluding carboxylic acids is 2. The molecular weight excluding hydrogens is 398 g/mol. The van der Waals surface area contributed by atoms with E-state index in [0.29, 0.717) is 22.2 Å². The van der Waals surface area contributed by atoms with Gasteiger partial charge in [0.15, 0.2) is 0 Å². The standard InChI is InChI=1S/C19H20ClN5O2S/c20-12-6-3-4-7-13(12)21-17(26)10-14-19(27)22-18(28-14)11-16-24-23-15-8-2-1-5-9-25(15)16/h3-4,6-7,14H,1-2,5,8-11H2,(H,21,26)/t14-/m0/s1. The van der Waals surface area contributed by atoms with Gasteiger partial charge in [-0.25, -0.2) is 4.99 Å². The number of halogens is 1. The van der Waals surface area contributed by atoms with Crippen LogP contribution in [0.2, 0.25) is 5.02 Å². The molecule has 9 heteroatoms. The van der Waals surface area contributed by atoms with Crippen LogP contribution in [0.5, 0.6) is 0 Å². The quantitative estimate of drug-likeness (QED) is 0.806. The Morgan fingerprint density at radius 3 is 2.96 bits per heavy atom. The fourth-order valence-electron chi connectivity index (χ4n) is 3.39. The van der Waals surface area contributed by atoms with E-state index in [0.717, 1.165) is 37.5 Å². The van der Waals surface area contributed by atoms with Gasteiger partial charge in [0.2, 0.25) is 5.91 Å². The molecule has 2 amide bonds. The first-order valence-corrected chi connectivity index (χ1v) is 10.6. The molecule has 28 heavy (non-hydrogen) atoms. The summed E-state index contributed by atoms with van der Waals surface area (Å²) < 4.78 is 2.15. The first-order valence-electron chi connectivity index (χ1n) is 9.33. The fourth-order valence-corrected chi connectivity index (χ4v) is 4.64. The highest BCUT2D eigenvalue weighted by Gasteiger charge is 2.31. The van der Waals surface area contributed by atoms with Gasteiger partial charge in [0.25, 0.3) is 5.91 Å². The zero-order valence-electron chi connectivity index (χ0n) is 15.2. The number of thioether (sulfide) groups is 1. The molecule has 2 aliphatic heterocycles. The van der Waals surface area contributed by atoms with Crippen molar-refractivity contribution in [2.24, 2.45) is 4.99 Å². The number of para-hydroxylation sites is 1. The van der Waals surface area contributed by atoms with Crippen molar-refractivity contribution in [2.75, 3.05) is 5.32 Å². The highest BCUT2D eigenvalue weighted by atomic mass is 35.5. The largest absolute Gasteiger partial charge is 0.325 e. The zero-order chi connectivity index (χ0) is 19.5. The van der Waals surface area contributed by atoms with E-state index >= 15 is 0 Å². The van der Waals surface area contributed by atoms with Crippen molar-refractivity contribution in [3.63, 3.8) is 0 Å². The van der Waals surface area contributed by atoms with Crippen LogP contribution in [0.4, 0.5) is 5.69 Å².